The van der Waals surface area contributed by atoms with Crippen LogP contribution in [0.15, 0.2) is 40.2 Å². The molecule has 0 bridgehead atoms. The topological polar surface area (TPSA) is 71.1 Å². The first-order chi connectivity index (χ1) is 13.0. The van der Waals surface area contributed by atoms with Crippen LogP contribution in [0, 0.1) is 6.92 Å². The molecule has 1 aromatic carbocycles. The van der Waals surface area contributed by atoms with Crippen molar-refractivity contribution >= 4 is 22.9 Å². The van der Waals surface area contributed by atoms with Crippen LogP contribution in [0.5, 0.6) is 5.75 Å². The number of ether oxygens (including phenoxy) is 1. The third-order valence-corrected chi connectivity index (χ3v) is 5.39. The minimum absolute atomic E-state index is 0.277. The molecule has 0 aliphatic heterocycles. The Labute approximate surface area is 161 Å². The normalized spacial score (nSPS) is 11.2. The summed E-state index contributed by atoms with van der Waals surface area (Å²) in [5.74, 6) is 2.60. The molecule has 0 aliphatic carbocycles. The van der Waals surface area contributed by atoms with E-state index in [1.165, 1.54) is 14.7 Å². The smallest absolute Gasteiger partial charge is 0.332 e. The fraction of sp³-hybridized carbons (Fsp3) is 0.421. The highest BCUT2D eigenvalue weighted by Gasteiger charge is 2.14. The SMILES string of the molecule is Cc1cccc(OCCSCCCn2c(=O)c3c(ncn3C)n(C)c2=O)c1. The molecule has 144 valence electrons. The number of imidazole rings is 1. The van der Waals surface area contributed by atoms with Gasteiger partial charge in [0.2, 0.25) is 0 Å². The Morgan fingerprint density at radius 2 is 2.00 bits per heavy atom. The molecular formula is C19H24N4O3S. The number of nitrogens with zero attached hydrogens (tertiary/aromatic N) is 4. The van der Waals surface area contributed by atoms with Crippen molar-refractivity contribution in [3.05, 3.63) is 57.0 Å². The van der Waals surface area contributed by atoms with Crippen molar-refractivity contribution in [1.29, 1.82) is 0 Å². The molecule has 0 aliphatic rings. The van der Waals surface area contributed by atoms with Gasteiger partial charge in [-0.1, -0.05) is 12.1 Å². The molecule has 3 aromatic rings. The molecule has 0 spiro atoms. The molecule has 7 nitrogen and oxygen atoms in total. The van der Waals surface area contributed by atoms with Crippen molar-refractivity contribution in [2.75, 3.05) is 18.1 Å². The highest BCUT2D eigenvalue weighted by Crippen LogP contribution is 2.13. The van der Waals surface area contributed by atoms with Gasteiger partial charge in [-0.05, 0) is 36.8 Å². The highest BCUT2D eigenvalue weighted by atomic mass is 32.2. The van der Waals surface area contributed by atoms with Crippen molar-refractivity contribution < 1.29 is 4.74 Å². The summed E-state index contributed by atoms with van der Waals surface area (Å²) < 4.78 is 10.1. The number of hydrogen-bond donors (Lipinski definition) is 0. The lowest BCUT2D eigenvalue weighted by molar-refractivity contribution is 0.343. The Morgan fingerprint density at radius 1 is 1.19 bits per heavy atom. The van der Waals surface area contributed by atoms with Crippen molar-refractivity contribution in [2.24, 2.45) is 14.1 Å². The van der Waals surface area contributed by atoms with E-state index in [0.717, 1.165) is 23.7 Å². The summed E-state index contributed by atoms with van der Waals surface area (Å²) in [5.41, 5.74) is 1.46. The summed E-state index contributed by atoms with van der Waals surface area (Å²) in [5, 5.41) is 0. The van der Waals surface area contributed by atoms with E-state index in [1.54, 1.807) is 36.8 Å². The van der Waals surface area contributed by atoms with E-state index in [2.05, 4.69) is 4.98 Å². The quantitative estimate of drug-likeness (QED) is 0.552. The second-order valence-corrected chi connectivity index (χ2v) is 7.68. The van der Waals surface area contributed by atoms with Crippen molar-refractivity contribution in [2.45, 2.75) is 19.9 Å². The average Bonchev–Trinajstić information content (AvgIpc) is 3.03. The van der Waals surface area contributed by atoms with Crippen molar-refractivity contribution in [3.8, 4) is 5.75 Å². The first kappa shape index (κ1) is 19.3. The first-order valence-electron chi connectivity index (χ1n) is 8.87. The zero-order valence-corrected chi connectivity index (χ0v) is 16.7. The lowest BCUT2D eigenvalue weighted by Crippen LogP contribution is -2.39. The maximum Gasteiger partial charge on any atom is 0.332 e. The zero-order valence-electron chi connectivity index (χ0n) is 15.8. The van der Waals surface area contributed by atoms with Crippen LogP contribution in [0.1, 0.15) is 12.0 Å². The van der Waals surface area contributed by atoms with E-state index in [9.17, 15) is 9.59 Å². The Morgan fingerprint density at radius 3 is 2.78 bits per heavy atom. The third-order valence-electron chi connectivity index (χ3n) is 4.36. The van der Waals surface area contributed by atoms with Crippen LogP contribution in [0.3, 0.4) is 0 Å². The predicted octanol–water partition coefficient (Wildman–Crippen LogP) is 1.94. The van der Waals surface area contributed by atoms with Gasteiger partial charge in [0, 0.05) is 26.4 Å². The van der Waals surface area contributed by atoms with E-state index < -0.39 is 0 Å². The van der Waals surface area contributed by atoms with Gasteiger partial charge in [0.15, 0.2) is 11.2 Å². The number of thioether (sulfide) groups is 1. The van der Waals surface area contributed by atoms with E-state index in [0.29, 0.717) is 24.3 Å². The summed E-state index contributed by atoms with van der Waals surface area (Å²) in [6.07, 6.45) is 2.30. The van der Waals surface area contributed by atoms with E-state index >= 15 is 0 Å². The molecular weight excluding hydrogens is 364 g/mol. The maximum atomic E-state index is 12.6. The van der Waals surface area contributed by atoms with Gasteiger partial charge in [-0.15, -0.1) is 0 Å². The Bertz CT molecular complexity index is 1050. The third kappa shape index (κ3) is 4.27. The standard InChI is InChI=1S/C19H24N4O3S/c1-14-6-4-7-15(12-14)26-9-11-27-10-5-8-23-18(24)16-17(20-13-21(16)2)22(3)19(23)25/h4,6-7,12-13H,5,8-11H2,1-3H3. The Kier molecular flexibility index (Phi) is 6.05. The van der Waals surface area contributed by atoms with Gasteiger partial charge < -0.3 is 9.30 Å². The molecule has 0 unspecified atom stereocenters. The van der Waals surface area contributed by atoms with Crippen molar-refractivity contribution in [3.63, 3.8) is 0 Å². The maximum absolute atomic E-state index is 12.6. The van der Waals surface area contributed by atoms with Crippen LogP contribution >= 0.6 is 11.8 Å². The molecule has 0 amide bonds. The number of benzene rings is 1. The van der Waals surface area contributed by atoms with E-state index in [-0.39, 0.29) is 11.2 Å². The van der Waals surface area contributed by atoms with Crippen LogP contribution in [-0.2, 0) is 20.6 Å². The number of rotatable bonds is 8. The van der Waals surface area contributed by atoms with Gasteiger partial charge in [0.25, 0.3) is 5.56 Å². The number of hydrogen-bond acceptors (Lipinski definition) is 5. The summed E-state index contributed by atoms with van der Waals surface area (Å²) in [6, 6.07) is 7.99. The second-order valence-electron chi connectivity index (χ2n) is 6.46. The molecule has 0 saturated carbocycles. The van der Waals surface area contributed by atoms with Gasteiger partial charge in [-0.2, -0.15) is 11.8 Å². The minimum Gasteiger partial charge on any atom is -0.493 e. The molecule has 2 aromatic heterocycles. The highest BCUT2D eigenvalue weighted by molar-refractivity contribution is 7.99. The monoisotopic (exact) mass is 388 g/mol. The van der Waals surface area contributed by atoms with Gasteiger partial charge in [0.05, 0.1) is 12.9 Å². The minimum atomic E-state index is -0.320. The Hall–Kier alpha value is -2.48. The van der Waals surface area contributed by atoms with Gasteiger partial charge in [-0.25, -0.2) is 9.78 Å². The van der Waals surface area contributed by atoms with Crippen LogP contribution in [-0.4, -0.2) is 36.8 Å². The van der Waals surface area contributed by atoms with Gasteiger partial charge in [0.1, 0.15) is 5.75 Å². The summed E-state index contributed by atoms with van der Waals surface area (Å²) in [4.78, 5) is 29.1. The lowest BCUT2D eigenvalue weighted by Gasteiger charge is -2.09. The molecule has 0 radical (unpaired) electrons. The van der Waals surface area contributed by atoms with Crippen molar-refractivity contribution in [1.82, 2.24) is 18.7 Å². The summed E-state index contributed by atoms with van der Waals surface area (Å²) in [7, 11) is 3.40. The fourth-order valence-electron chi connectivity index (χ4n) is 2.94. The number of fused-ring (bicyclic) bond motifs is 1. The Balaban J connectivity index is 1.50. The van der Waals surface area contributed by atoms with Crippen LogP contribution in [0.25, 0.3) is 11.2 Å². The molecule has 0 N–H and O–H groups in total. The fourth-order valence-corrected chi connectivity index (χ4v) is 3.68. The molecule has 2 heterocycles. The van der Waals surface area contributed by atoms with Gasteiger partial charge >= 0.3 is 5.69 Å². The van der Waals surface area contributed by atoms with Crippen LogP contribution in [0.2, 0.25) is 0 Å². The van der Waals surface area contributed by atoms with E-state index in [4.69, 9.17) is 4.74 Å². The first-order valence-corrected chi connectivity index (χ1v) is 10.0. The molecule has 0 fully saturated rings. The summed E-state index contributed by atoms with van der Waals surface area (Å²) in [6.45, 7) is 3.08. The molecule has 0 atom stereocenters. The number of aryl methyl sites for hydroxylation is 3. The summed E-state index contributed by atoms with van der Waals surface area (Å²) >= 11 is 1.75. The average molecular weight is 388 g/mol. The van der Waals surface area contributed by atoms with Crippen LogP contribution in [0.4, 0.5) is 0 Å². The molecule has 27 heavy (non-hydrogen) atoms. The van der Waals surface area contributed by atoms with Crippen LogP contribution < -0.4 is 16.0 Å². The largest absolute Gasteiger partial charge is 0.493 e. The second kappa shape index (κ2) is 8.47. The zero-order chi connectivity index (χ0) is 19.4. The lowest BCUT2D eigenvalue weighted by atomic mass is 10.2. The molecule has 0 saturated heterocycles. The number of aromatic nitrogens is 4. The molecule has 8 heteroatoms. The predicted molar refractivity (Wildman–Crippen MR) is 109 cm³/mol. The molecule has 3 rings (SSSR count). The van der Waals surface area contributed by atoms with Gasteiger partial charge in [-0.3, -0.25) is 13.9 Å². The van der Waals surface area contributed by atoms with E-state index in [1.807, 2.05) is 31.2 Å².